The molecule has 1 saturated carbocycles. The zero-order valence-electron chi connectivity index (χ0n) is 13.8. The lowest BCUT2D eigenvalue weighted by Crippen LogP contribution is -2.33. The van der Waals surface area contributed by atoms with Gasteiger partial charge >= 0.3 is 0 Å². The molecule has 1 aliphatic heterocycles. The summed E-state index contributed by atoms with van der Waals surface area (Å²) < 4.78 is 10.2. The summed E-state index contributed by atoms with van der Waals surface area (Å²) in [6, 6.07) is 2.39. The average molecular weight is 316 g/mol. The zero-order chi connectivity index (χ0) is 15.8. The van der Waals surface area contributed by atoms with Crippen LogP contribution >= 0.6 is 0 Å². The number of hydrogen-bond donors (Lipinski definition) is 1. The smallest absolute Gasteiger partial charge is 0.146 e. The first-order valence-corrected chi connectivity index (χ1v) is 8.44. The highest BCUT2D eigenvalue weighted by Crippen LogP contribution is 2.34. The molecule has 1 N–H and O–H groups in total. The monoisotopic (exact) mass is 316 g/mol. The van der Waals surface area contributed by atoms with E-state index in [1.54, 1.807) is 0 Å². The molecular weight excluding hydrogens is 292 g/mol. The number of nitrogens with zero attached hydrogens (tertiary/aromatic N) is 5. The van der Waals surface area contributed by atoms with Gasteiger partial charge in [-0.1, -0.05) is 0 Å². The molecule has 2 aliphatic rings. The van der Waals surface area contributed by atoms with Crippen molar-refractivity contribution < 1.29 is 4.74 Å². The third-order valence-electron chi connectivity index (χ3n) is 4.97. The van der Waals surface area contributed by atoms with E-state index in [4.69, 9.17) is 4.74 Å². The summed E-state index contributed by atoms with van der Waals surface area (Å²) >= 11 is 0. The first-order chi connectivity index (χ1) is 11.2. The number of nitrogens with one attached hydrogen (secondary N) is 1. The van der Waals surface area contributed by atoms with Gasteiger partial charge in [0.05, 0.1) is 12.2 Å². The molecule has 0 aromatic carbocycles. The Labute approximate surface area is 136 Å². The highest BCUT2D eigenvalue weighted by Gasteiger charge is 2.33. The van der Waals surface area contributed by atoms with E-state index < -0.39 is 0 Å². The Hall–Kier alpha value is -1.73. The molecule has 0 unspecified atom stereocenters. The van der Waals surface area contributed by atoms with Gasteiger partial charge < -0.3 is 14.6 Å². The second kappa shape index (κ2) is 6.05. The number of hydrogen-bond acceptors (Lipinski definition) is 5. The van der Waals surface area contributed by atoms with Crippen LogP contribution in [0.2, 0.25) is 0 Å². The van der Waals surface area contributed by atoms with Crippen LogP contribution in [-0.4, -0.2) is 37.2 Å². The maximum absolute atomic E-state index is 6.01. The number of ether oxygens (including phenoxy) is 1. The fourth-order valence-electron chi connectivity index (χ4n) is 3.20. The molecule has 23 heavy (non-hydrogen) atoms. The van der Waals surface area contributed by atoms with Crippen molar-refractivity contribution in [2.24, 2.45) is 13.0 Å². The quantitative estimate of drug-likeness (QED) is 0.871. The van der Waals surface area contributed by atoms with E-state index in [0.29, 0.717) is 12.6 Å². The lowest BCUT2D eigenvalue weighted by molar-refractivity contribution is 0.0904. The summed E-state index contributed by atoms with van der Waals surface area (Å²) in [6.45, 7) is 4.49. The topological polar surface area (TPSA) is 69.8 Å². The van der Waals surface area contributed by atoms with Gasteiger partial charge in [-0.3, -0.25) is 4.68 Å². The molecule has 2 fully saturated rings. The second-order valence-electron chi connectivity index (χ2n) is 6.67. The SMILES string of the molecule is Cc1nnc(CN[C@H]2CCO[C@@H]2c2ccnn2CC2CC2)n1C. The summed E-state index contributed by atoms with van der Waals surface area (Å²) in [7, 11) is 2.00. The third-order valence-corrected chi connectivity index (χ3v) is 4.97. The maximum atomic E-state index is 6.01. The van der Waals surface area contributed by atoms with Crippen LogP contribution in [0.25, 0.3) is 0 Å². The summed E-state index contributed by atoms with van der Waals surface area (Å²) in [4.78, 5) is 0. The van der Waals surface area contributed by atoms with Gasteiger partial charge in [-0.2, -0.15) is 5.10 Å². The first kappa shape index (κ1) is 14.8. The molecule has 1 saturated heterocycles. The summed E-state index contributed by atoms with van der Waals surface area (Å²) in [6.07, 6.45) is 5.64. The number of rotatable bonds is 6. The summed E-state index contributed by atoms with van der Waals surface area (Å²) in [5.41, 5.74) is 1.20. The van der Waals surface area contributed by atoms with Gasteiger partial charge in [0.15, 0.2) is 0 Å². The van der Waals surface area contributed by atoms with E-state index in [9.17, 15) is 0 Å². The first-order valence-electron chi connectivity index (χ1n) is 8.44. The van der Waals surface area contributed by atoms with Gasteiger partial charge in [-0.15, -0.1) is 10.2 Å². The predicted molar refractivity (Wildman–Crippen MR) is 84.6 cm³/mol. The second-order valence-corrected chi connectivity index (χ2v) is 6.67. The van der Waals surface area contributed by atoms with Crippen molar-refractivity contribution in [1.82, 2.24) is 29.9 Å². The van der Waals surface area contributed by atoms with Crippen molar-refractivity contribution in [2.75, 3.05) is 6.61 Å². The van der Waals surface area contributed by atoms with Crippen LogP contribution in [0.15, 0.2) is 12.3 Å². The van der Waals surface area contributed by atoms with Crippen LogP contribution in [0, 0.1) is 12.8 Å². The van der Waals surface area contributed by atoms with Gasteiger partial charge in [0.25, 0.3) is 0 Å². The summed E-state index contributed by atoms with van der Waals surface area (Å²) in [5, 5.41) is 16.4. The molecule has 2 atom stereocenters. The van der Waals surface area contributed by atoms with Crippen molar-refractivity contribution in [1.29, 1.82) is 0 Å². The van der Waals surface area contributed by atoms with E-state index >= 15 is 0 Å². The molecule has 3 heterocycles. The van der Waals surface area contributed by atoms with E-state index in [-0.39, 0.29) is 6.10 Å². The zero-order valence-corrected chi connectivity index (χ0v) is 13.8. The fourth-order valence-corrected chi connectivity index (χ4v) is 3.20. The Balaban J connectivity index is 1.44. The minimum atomic E-state index is 0.0746. The molecule has 0 spiro atoms. The van der Waals surface area contributed by atoms with Crippen molar-refractivity contribution >= 4 is 0 Å². The van der Waals surface area contributed by atoms with Gasteiger partial charge in [0, 0.05) is 32.4 Å². The van der Waals surface area contributed by atoms with Gasteiger partial charge in [-0.25, -0.2) is 0 Å². The molecule has 7 heteroatoms. The van der Waals surface area contributed by atoms with Gasteiger partial charge in [0.2, 0.25) is 0 Å². The van der Waals surface area contributed by atoms with Crippen molar-refractivity contribution in [3.8, 4) is 0 Å². The average Bonchev–Trinajstić information content (AvgIpc) is 2.93. The molecule has 7 nitrogen and oxygen atoms in total. The largest absolute Gasteiger partial charge is 0.370 e. The molecule has 1 aliphatic carbocycles. The molecule has 2 aromatic heterocycles. The van der Waals surface area contributed by atoms with Crippen LogP contribution in [0.1, 0.15) is 42.7 Å². The lowest BCUT2D eigenvalue weighted by atomic mass is 10.1. The minimum Gasteiger partial charge on any atom is -0.370 e. The van der Waals surface area contributed by atoms with Crippen LogP contribution in [0.4, 0.5) is 0 Å². The Morgan fingerprint density at radius 2 is 2.17 bits per heavy atom. The van der Waals surface area contributed by atoms with Crippen molar-refractivity contribution in [2.45, 2.75) is 51.4 Å². The van der Waals surface area contributed by atoms with E-state index in [2.05, 4.69) is 31.4 Å². The van der Waals surface area contributed by atoms with Crippen LogP contribution in [0.3, 0.4) is 0 Å². The fraction of sp³-hybridized carbons (Fsp3) is 0.688. The molecule has 4 rings (SSSR count). The van der Waals surface area contributed by atoms with Crippen molar-refractivity contribution in [3.63, 3.8) is 0 Å². The maximum Gasteiger partial charge on any atom is 0.146 e. The highest BCUT2D eigenvalue weighted by atomic mass is 16.5. The van der Waals surface area contributed by atoms with Crippen molar-refractivity contribution in [3.05, 3.63) is 29.6 Å². The predicted octanol–water partition coefficient (Wildman–Crippen LogP) is 1.35. The number of aromatic nitrogens is 5. The van der Waals surface area contributed by atoms with E-state index in [1.807, 2.05) is 24.7 Å². The lowest BCUT2D eigenvalue weighted by Gasteiger charge is -2.21. The standard InChI is InChI=1S/C16H24N6O/c1-11-19-20-15(21(11)2)9-17-13-6-8-23-16(13)14-5-7-18-22(14)10-12-3-4-12/h5,7,12-13,16-17H,3-4,6,8-10H2,1-2H3/t13-,16-/m0/s1. The Morgan fingerprint density at radius 1 is 1.30 bits per heavy atom. The van der Waals surface area contributed by atoms with E-state index in [0.717, 1.165) is 37.1 Å². The minimum absolute atomic E-state index is 0.0746. The molecule has 0 amide bonds. The number of aryl methyl sites for hydroxylation is 1. The van der Waals surface area contributed by atoms with Gasteiger partial charge in [0.1, 0.15) is 17.8 Å². The molecule has 0 radical (unpaired) electrons. The Morgan fingerprint density at radius 3 is 2.91 bits per heavy atom. The van der Waals surface area contributed by atoms with E-state index in [1.165, 1.54) is 18.5 Å². The van der Waals surface area contributed by atoms with Crippen LogP contribution in [0.5, 0.6) is 0 Å². The highest BCUT2D eigenvalue weighted by molar-refractivity contribution is 5.10. The Bertz CT molecular complexity index is 674. The normalized spacial score (nSPS) is 24.4. The molecule has 2 aromatic rings. The third kappa shape index (κ3) is 3.03. The molecular formula is C16H24N6O. The Kier molecular flexibility index (Phi) is 3.90. The molecule has 0 bridgehead atoms. The van der Waals surface area contributed by atoms with Crippen LogP contribution in [-0.2, 0) is 24.9 Å². The van der Waals surface area contributed by atoms with Crippen LogP contribution < -0.4 is 5.32 Å². The summed E-state index contributed by atoms with van der Waals surface area (Å²) in [5.74, 6) is 2.70. The van der Waals surface area contributed by atoms with Gasteiger partial charge in [-0.05, 0) is 38.2 Å². The molecule has 124 valence electrons.